The second kappa shape index (κ2) is 9.82. The van der Waals surface area contributed by atoms with E-state index in [9.17, 15) is 4.79 Å². The molecule has 1 amide bonds. The monoisotopic (exact) mass is 401 g/mol. The maximum absolute atomic E-state index is 12.8. The van der Waals surface area contributed by atoms with E-state index in [0.717, 1.165) is 24.9 Å². The Morgan fingerprint density at radius 3 is 2.12 bits per heavy atom. The Balaban J connectivity index is 0.00000169. The summed E-state index contributed by atoms with van der Waals surface area (Å²) in [5.74, 6) is 0.775. The molecule has 2 saturated heterocycles. The van der Waals surface area contributed by atoms with E-state index in [-0.39, 0.29) is 30.7 Å². The third-order valence-corrected chi connectivity index (χ3v) is 5.51. The SMILES string of the molecule is CC(C)CN(C)c1ccc(C(=O)N(C)C2CC3CCC(C2)N3)cc1.Cl.Cl. The lowest BCUT2D eigenvalue weighted by atomic mass is 9.98. The first-order valence-electron chi connectivity index (χ1n) is 9.28. The molecule has 4 nitrogen and oxygen atoms in total. The Kier molecular flexibility index (Phi) is 8.71. The van der Waals surface area contributed by atoms with Crippen LogP contribution in [0.5, 0.6) is 0 Å². The molecule has 26 heavy (non-hydrogen) atoms. The molecule has 2 unspecified atom stereocenters. The van der Waals surface area contributed by atoms with Crippen LogP contribution >= 0.6 is 24.8 Å². The Hall–Kier alpha value is -0.970. The number of hydrogen-bond donors (Lipinski definition) is 1. The zero-order chi connectivity index (χ0) is 17.3. The van der Waals surface area contributed by atoms with E-state index in [2.05, 4.69) is 43.2 Å². The van der Waals surface area contributed by atoms with Crippen molar-refractivity contribution < 1.29 is 4.79 Å². The molecule has 0 spiro atoms. The van der Waals surface area contributed by atoms with Crippen molar-refractivity contribution in [1.82, 2.24) is 10.2 Å². The van der Waals surface area contributed by atoms with Crippen molar-refractivity contribution in [2.24, 2.45) is 5.92 Å². The number of benzene rings is 1. The highest BCUT2D eigenvalue weighted by Crippen LogP contribution is 2.30. The van der Waals surface area contributed by atoms with Crippen LogP contribution in [0, 0.1) is 5.92 Å². The number of fused-ring (bicyclic) bond motifs is 2. The molecule has 6 heteroatoms. The molecular weight excluding hydrogens is 369 g/mol. The number of nitrogens with zero attached hydrogens (tertiary/aromatic N) is 2. The van der Waals surface area contributed by atoms with Gasteiger partial charge in [-0.1, -0.05) is 13.8 Å². The molecule has 2 bridgehead atoms. The van der Waals surface area contributed by atoms with Crippen LogP contribution < -0.4 is 10.2 Å². The molecule has 2 aliphatic rings. The number of carbonyl (C=O) groups is 1. The van der Waals surface area contributed by atoms with Gasteiger partial charge in [0.2, 0.25) is 0 Å². The van der Waals surface area contributed by atoms with Gasteiger partial charge in [-0.25, -0.2) is 0 Å². The molecule has 2 atom stereocenters. The highest BCUT2D eigenvalue weighted by molar-refractivity contribution is 5.94. The number of rotatable bonds is 5. The third kappa shape index (κ3) is 5.28. The van der Waals surface area contributed by atoms with Crippen LogP contribution in [-0.4, -0.2) is 49.6 Å². The van der Waals surface area contributed by atoms with Gasteiger partial charge in [-0.15, -0.1) is 24.8 Å². The molecule has 2 heterocycles. The minimum Gasteiger partial charge on any atom is -0.374 e. The molecule has 148 valence electrons. The van der Waals surface area contributed by atoms with Crippen molar-refractivity contribution in [2.75, 3.05) is 25.5 Å². The first-order valence-corrected chi connectivity index (χ1v) is 9.28. The standard InChI is InChI=1S/C20H31N3O.2ClH/c1-14(2)13-22(3)18-9-5-15(6-10-18)20(24)23(4)19-11-16-7-8-17(12-19)21-16;;/h5-6,9-10,14,16-17,19,21H,7-8,11-13H2,1-4H3;2*1H. The lowest BCUT2D eigenvalue weighted by molar-refractivity contribution is 0.0681. The van der Waals surface area contributed by atoms with E-state index in [0.29, 0.717) is 24.0 Å². The van der Waals surface area contributed by atoms with Gasteiger partial charge in [-0.2, -0.15) is 0 Å². The Morgan fingerprint density at radius 2 is 1.62 bits per heavy atom. The fourth-order valence-electron chi connectivity index (χ4n) is 4.22. The summed E-state index contributed by atoms with van der Waals surface area (Å²) in [5.41, 5.74) is 1.97. The van der Waals surface area contributed by atoms with E-state index < -0.39 is 0 Å². The number of carbonyl (C=O) groups excluding carboxylic acids is 1. The van der Waals surface area contributed by atoms with Crippen molar-refractivity contribution in [3.8, 4) is 0 Å². The predicted octanol–water partition coefficient (Wildman–Crippen LogP) is 3.98. The van der Waals surface area contributed by atoms with Crippen molar-refractivity contribution in [3.05, 3.63) is 29.8 Å². The van der Waals surface area contributed by atoms with Crippen LogP contribution in [0.4, 0.5) is 5.69 Å². The predicted molar refractivity (Wildman–Crippen MR) is 114 cm³/mol. The number of hydrogen-bond acceptors (Lipinski definition) is 3. The van der Waals surface area contributed by atoms with Crippen LogP contribution in [0.15, 0.2) is 24.3 Å². The maximum atomic E-state index is 12.8. The summed E-state index contributed by atoms with van der Waals surface area (Å²) in [6.45, 7) is 5.45. The molecule has 2 fully saturated rings. The van der Waals surface area contributed by atoms with Crippen LogP contribution in [-0.2, 0) is 0 Å². The molecule has 0 radical (unpaired) electrons. The number of halogens is 2. The summed E-state index contributed by atoms with van der Waals surface area (Å²) in [5, 5.41) is 3.65. The van der Waals surface area contributed by atoms with Crippen molar-refractivity contribution in [1.29, 1.82) is 0 Å². The van der Waals surface area contributed by atoms with E-state index in [4.69, 9.17) is 0 Å². The normalized spacial score (nSPS) is 23.8. The lowest BCUT2D eigenvalue weighted by Gasteiger charge is -2.35. The number of piperidine rings is 1. The molecular formula is C20H33Cl2N3O. The number of nitrogens with one attached hydrogen (secondary N) is 1. The van der Waals surface area contributed by atoms with Gasteiger partial charge in [0.15, 0.2) is 0 Å². The molecule has 0 aromatic heterocycles. The first kappa shape index (κ1) is 23.1. The van der Waals surface area contributed by atoms with Crippen molar-refractivity contribution >= 4 is 36.4 Å². The fraction of sp³-hybridized carbons (Fsp3) is 0.650. The van der Waals surface area contributed by atoms with E-state index in [1.807, 2.05) is 24.1 Å². The molecule has 2 aliphatic heterocycles. The molecule has 0 saturated carbocycles. The molecule has 1 aromatic rings. The summed E-state index contributed by atoms with van der Waals surface area (Å²) < 4.78 is 0. The summed E-state index contributed by atoms with van der Waals surface area (Å²) in [6.07, 6.45) is 4.71. The number of amides is 1. The van der Waals surface area contributed by atoms with Gasteiger partial charge in [-0.05, 0) is 55.9 Å². The van der Waals surface area contributed by atoms with Crippen LogP contribution in [0.25, 0.3) is 0 Å². The zero-order valence-electron chi connectivity index (χ0n) is 16.3. The number of anilines is 1. The van der Waals surface area contributed by atoms with Crippen LogP contribution in [0.3, 0.4) is 0 Å². The van der Waals surface area contributed by atoms with Gasteiger partial charge in [-0.3, -0.25) is 4.79 Å². The average Bonchev–Trinajstić information content (AvgIpc) is 2.91. The Morgan fingerprint density at radius 1 is 1.08 bits per heavy atom. The quantitative estimate of drug-likeness (QED) is 0.810. The van der Waals surface area contributed by atoms with E-state index in [1.54, 1.807) is 0 Å². The average molecular weight is 402 g/mol. The molecule has 0 aliphatic carbocycles. The molecule has 1 N–H and O–H groups in total. The minimum atomic E-state index is 0. The fourth-order valence-corrected chi connectivity index (χ4v) is 4.22. The first-order chi connectivity index (χ1) is 11.4. The lowest BCUT2D eigenvalue weighted by Crippen LogP contribution is -2.48. The largest absolute Gasteiger partial charge is 0.374 e. The van der Waals surface area contributed by atoms with E-state index >= 15 is 0 Å². The second-order valence-electron chi connectivity index (χ2n) is 8.00. The molecule has 3 rings (SSSR count). The van der Waals surface area contributed by atoms with Gasteiger partial charge in [0.25, 0.3) is 5.91 Å². The van der Waals surface area contributed by atoms with Crippen LogP contribution in [0.2, 0.25) is 0 Å². The Labute approximate surface area is 170 Å². The zero-order valence-corrected chi connectivity index (χ0v) is 17.9. The molecule has 1 aromatic carbocycles. The van der Waals surface area contributed by atoms with Crippen molar-refractivity contribution in [2.45, 2.75) is 57.7 Å². The van der Waals surface area contributed by atoms with Crippen molar-refractivity contribution in [3.63, 3.8) is 0 Å². The second-order valence-corrected chi connectivity index (χ2v) is 8.00. The van der Waals surface area contributed by atoms with Gasteiger partial charge >= 0.3 is 0 Å². The third-order valence-electron chi connectivity index (χ3n) is 5.51. The smallest absolute Gasteiger partial charge is 0.253 e. The Bertz CT molecular complexity index is 567. The van der Waals surface area contributed by atoms with Gasteiger partial charge in [0, 0.05) is 50.0 Å². The van der Waals surface area contributed by atoms with Gasteiger partial charge in [0.05, 0.1) is 0 Å². The van der Waals surface area contributed by atoms with E-state index in [1.165, 1.54) is 18.5 Å². The van der Waals surface area contributed by atoms with Gasteiger partial charge < -0.3 is 15.1 Å². The minimum absolute atomic E-state index is 0. The summed E-state index contributed by atoms with van der Waals surface area (Å²) in [7, 11) is 4.07. The van der Waals surface area contributed by atoms with Gasteiger partial charge in [0.1, 0.15) is 0 Å². The maximum Gasteiger partial charge on any atom is 0.253 e. The highest BCUT2D eigenvalue weighted by Gasteiger charge is 2.36. The van der Waals surface area contributed by atoms with Crippen LogP contribution in [0.1, 0.15) is 49.9 Å². The summed E-state index contributed by atoms with van der Waals surface area (Å²) in [6, 6.07) is 9.67. The highest BCUT2D eigenvalue weighted by atomic mass is 35.5. The summed E-state index contributed by atoms with van der Waals surface area (Å²) in [4.78, 5) is 17.0. The summed E-state index contributed by atoms with van der Waals surface area (Å²) >= 11 is 0. The topological polar surface area (TPSA) is 35.6 Å².